The molecule has 9 heteroatoms. The summed E-state index contributed by atoms with van der Waals surface area (Å²) >= 11 is 0. The maximum atomic E-state index is 14.5. The molecule has 32 heavy (non-hydrogen) atoms. The van der Waals surface area contributed by atoms with Crippen LogP contribution < -0.4 is 15.9 Å². The molecule has 0 aliphatic carbocycles. The van der Waals surface area contributed by atoms with Gasteiger partial charge in [-0.2, -0.15) is 0 Å². The second-order valence-corrected chi connectivity index (χ2v) is 8.53. The average Bonchev–Trinajstić information content (AvgIpc) is 2.67. The van der Waals surface area contributed by atoms with Gasteiger partial charge in [0.1, 0.15) is 22.6 Å². The van der Waals surface area contributed by atoms with Gasteiger partial charge in [-0.05, 0) is 57.5 Å². The normalized spacial score (nSPS) is 12.5. The smallest absolute Gasteiger partial charge is 0.408 e. The number of rotatable bonds is 5. The molecule has 3 aromatic rings. The van der Waals surface area contributed by atoms with Crippen molar-refractivity contribution >= 4 is 17.0 Å². The van der Waals surface area contributed by atoms with Crippen molar-refractivity contribution in [2.75, 3.05) is 12.1 Å². The van der Waals surface area contributed by atoms with E-state index in [0.29, 0.717) is 0 Å². The third kappa shape index (κ3) is 5.22. The Labute approximate surface area is 184 Å². The van der Waals surface area contributed by atoms with Crippen molar-refractivity contribution in [3.05, 3.63) is 75.8 Å². The summed E-state index contributed by atoms with van der Waals surface area (Å²) in [5, 5.41) is 4.05. The Balaban J connectivity index is 2.06. The number of carbonyl (C=O) groups excluding carboxylic acids is 1. The summed E-state index contributed by atoms with van der Waals surface area (Å²) in [5.74, 6) is -0.870. The number of hydrogen-bond acceptors (Lipinski definition) is 5. The Morgan fingerprint density at radius 3 is 2.47 bits per heavy atom. The van der Waals surface area contributed by atoms with Crippen LogP contribution in [0.4, 0.5) is 13.6 Å². The van der Waals surface area contributed by atoms with E-state index >= 15 is 0 Å². The lowest BCUT2D eigenvalue weighted by Crippen LogP contribution is -2.44. The molecule has 7 nitrogen and oxygen atoms in total. The minimum Gasteiger partial charge on any atom is -0.444 e. The number of carbonyl (C=O) groups is 1. The van der Waals surface area contributed by atoms with Gasteiger partial charge in [-0.25, -0.2) is 23.2 Å². The van der Waals surface area contributed by atoms with Crippen LogP contribution in [0.2, 0.25) is 0 Å². The van der Waals surface area contributed by atoms with Gasteiger partial charge in [0, 0.05) is 7.05 Å². The fourth-order valence-corrected chi connectivity index (χ4v) is 3.28. The molecule has 170 valence electrons. The summed E-state index contributed by atoms with van der Waals surface area (Å²) in [6.45, 7) is 7.08. The molecule has 0 radical (unpaired) electrons. The molecule has 1 N–H and O–H groups in total. The topological polar surface area (TPSA) is 76.5 Å². The number of fused-ring (bicyclic) bond motifs is 1. The highest BCUT2D eigenvalue weighted by atomic mass is 19.1. The van der Waals surface area contributed by atoms with Crippen LogP contribution in [0.1, 0.15) is 45.1 Å². The molecule has 0 saturated carbocycles. The Hall–Kier alpha value is -3.49. The van der Waals surface area contributed by atoms with E-state index in [2.05, 4.69) is 10.3 Å². The van der Waals surface area contributed by atoms with Crippen LogP contribution in [0.15, 0.2) is 47.3 Å². The van der Waals surface area contributed by atoms with E-state index in [-0.39, 0.29) is 29.1 Å². The summed E-state index contributed by atoms with van der Waals surface area (Å²) in [4.78, 5) is 30.1. The van der Waals surface area contributed by atoms with Crippen molar-refractivity contribution in [1.82, 2.24) is 15.0 Å². The van der Waals surface area contributed by atoms with Crippen molar-refractivity contribution in [1.29, 1.82) is 0 Å². The molecular weight excluding hydrogens is 418 g/mol. The van der Waals surface area contributed by atoms with Gasteiger partial charge in [-0.15, -0.1) is 0 Å². The molecule has 0 unspecified atom stereocenters. The Kier molecular flexibility index (Phi) is 6.47. The van der Waals surface area contributed by atoms with Gasteiger partial charge < -0.3 is 15.1 Å². The number of halogens is 2. The lowest BCUT2D eigenvalue weighted by Gasteiger charge is -2.28. The minimum atomic E-state index is -0.735. The monoisotopic (exact) mass is 444 g/mol. The molecule has 1 atom stereocenters. The molecule has 0 aliphatic heterocycles. The van der Waals surface area contributed by atoms with E-state index in [9.17, 15) is 18.4 Å². The van der Waals surface area contributed by atoms with Crippen molar-refractivity contribution in [2.24, 2.45) is 0 Å². The largest absolute Gasteiger partial charge is 0.444 e. The van der Waals surface area contributed by atoms with Crippen LogP contribution in [0.25, 0.3) is 10.9 Å². The van der Waals surface area contributed by atoms with E-state index in [1.165, 1.54) is 40.0 Å². The quantitative estimate of drug-likeness (QED) is 0.643. The third-order valence-corrected chi connectivity index (χ3v) is 4.64. The molecule has 0 spiro atoms. The predicted octanol–water partition coefficient (Wildman–Crippen LogP) is 4.03. The molecule has 1 heterocycles. The highest BCUT2D eigenvalue weighted by Crippen LogP contribution is 2.18. The SMILES string of the molecule is C[C@H](NC(=O)OC(C)(C)C)c1nc2cccc(F)c2c(=O)n1N(C)Cc1ccc(F)cc1. The van der Waals surface area contributed by atoms with Crippen LogP contribution in [-0.2, 0) is 11.3 Å². The minimum absolute atomic E-state index is 0.160. The van der Waals surface area contributed by atoms with Crippen molar-refractivity contribution in [3.8, 4) is 0 Å². The Bertz CT molecular complexity index is 1190. The van der Waals surface area contributed by atoms with Gasteiger partial charge >= 0.3 is 6.09 Å². The van der Waals surface area contributed by atoms with Gasteiger partial charge in [0.25, 0.3) is 5.56 Å². The number of hydrogen-bond donors (Lipinski definition) is 1. The first-order valence-corrected chi connectivity index (χ1v) is 10.1. The Morgan fingerprint density at radius 2 is 1.84 bits per heavy atom. The van der Waals surface area contributed by atoms with Crippen LogP contribution in [0, 0.1) is 11.6 Å². The number of ether oxygens (including phenoxy) is 1. The first-order valence-electron chi connectivity index (χ1n) is 10.1. The van der Waals surface area contributed by atoms with Crippen molar-refractivity contribution < 1.29 is 18.3 Å². The fraction of sp³-hybridized carbons (Fsp3) is 0.348. The van der Waals surface area contributed by atoms with E-state index in [1.54, 1.807) is 46.9 Å². The van der Waals surface area contributed by atoms with E-state index < -0.39 is 29.1 Å². The average molecular weight is 444 g/mol. The van der Waals surface area contributed by atoms with Crippen molar-refractivity contribution in [3.63, 3.8) is 0 Å². The summed E-state index contributed by atoms with van der Waals surface area (Å²) < 4.78 is 34.3. The maximum absolute atomic E-state index is 14.5. The molecule has 3 rings (SSSR count). The summed E-state index contributed by atoms with van der Waals surface area (Å²) in [5.41, 5.74) is -0.420. The standard InChI is InChI=1S/C23H26F2N4O3/c1-14(26-22(31)32-23(2,3)4)20-27-18-8-6-7-17(25)19(18)21(30)29(20)28(5)13-15-9-11-16(24)12-10-15/h6-12,14H,13H2,1-5H3,(H,26,31)/t14-/m0/s1. The van der Waals surface area contributed by atoms with Gasteiger partial charge in [0.05, 0.1) is 18.1 Å². The number of amides is 1. The zero-order valence-corrected chi connectivity index (χ0v) is 18.6. The second-order valence-electron chi connectivity index (χ2n) is 8.53. The molecule has 1 aromatic heterocycles. The first-order chi connectivity index (χ1) is 15.0. The lowest BCUT2D eigenvalue weighted by molar-refractivity contribution is 0.0504. The van der Waals surface area contributed by atoms with Crippen LogP contribution in [0.5, 0.6) is 0 Å². The van der Waals surface area contributed by atoms with Gasteiger partial charge in [0.15, 0.2) is 5.82 Å². The zero-order chi connectivity index (χ0) is 23.6. The van der Waals surface area contributed by atoms with Crippen molar-refractivity contribution in [2.45, 2.75) is 45.9 Å². The number of alkyl carbamates (subject to hydrolysis) is 1. The lowest BCUT2D eigenvalue weighted by atomic mass is 10.2. The highest BCUT2D eigenvalue weighted by molar-refractivity contribution is 5.78. The zero-order valence-electron chi connectivity index (χ0n) is 18.6. The predicted molar refractivity (Wildman–Crippen MR) is 118 cm³/mol. The van der Waals surface area contributed by atoms with Gasteiger partial charge in [-0.1, -0.05) is 18.2 Å². The highest BCUT2D eigenvalue weighted by Gasteiger charge is 2.24. The van der Waals surface area contributed by atoms with Gasteiger partial charge in [0.2, 0.25) is 0 Å². The van der Waals surface area contributed by atoms with E-state index in [1.807, 2.05) is 0 Å². The Morgan fingerprint density at radius 1 is 1.19 bits per heavy atom. The number of nitrogens with zero attached hydrogens (tertiary/aromatic N) is 3. The molecular formula is C23H26F2N4O3. The maximum Gasteiger partial charge on any atom is 0.408 e. The molecule has 0 fully saturated rings. The third-order valence-electron chi connectivity index (χ3n) is 4.64. The number of aromatic nitrogens is 2. The molecule has 2 aromatic carbocycles. The van der Waals surface area contributed by atoms with Crippen LogP contribution >= 0.6 is 0 Å². The number of benzene rings is 2. The second kappa shape index (κ2) is 8.94. The summed E-state index contributed by atoms with van der Waals surface area (Å²) in [6.07, 6.45) is -0.675. The molecule has 0 bridgehead atoms. The van der Waals surface area contributed by atoms with Crippen LogP contribution in [-0.4, -0.2) is 28.4 Å². The number of nitrogens with one attached hydrogen (secondary N) is 1. The molecule has 0 saturated heterocycles. The van der Waals surface area contributed by atoms with Gasteiger partial charge in [-0.3, -0.25) is 4.79 Å². The molecule has 0 aliphatic rings. The summed E-state index contributed by atoms with van der Waals surface area (Å²) in [6, 6.07) is 9.27. The first kappa shape index (κ1) is 23.2. The van der Waals surface area contributed by atoms with Crippen LogP contribution in [0.3, 0.4) is 0 Å². The molecule has 1 amide bonds. The summed E-state index contributed by atoms with van der Waals surface area (Å²) in [7, 11) is 1.63. The van der Waals surface area contributed by atoms with E-state index in [4.69, 9.17) is 4.74 Å². The van der Waals surface area contributed by atoms with E-state index in [0.717, 1.165) is 5.56 Å². The fourth-order valence-electron chi connectivity index (χ4n) is 3.28.